The molecule has 0 heterocycles. The molecule has 0 unspecified atom stereocenters. The van der Waals surface area contributed by atoms with Gasteiger partial charge in [-0.15, -0.1) is 0 Å². The number of carbonyl (C=O) groups is 2. The van der Waals surface area contributed by atoms with E-state index in [1.54, 1.807) is 25.3 Å². The van der Waals surface area contributed by atoms with Gasteiger partial charge in [-0.2, -0.15) is 0 Å². The number of amides is 1. The number of nitrogens with zero attached hydrogens (tertiary/aromatic N) is 1. The number of hydrogen-bond acceptors (Lipinski definition) is 4. The van der Waals surface area contributed by atoms with Crippen molar-refractivity contribution in [2.75, 3.05) is 14.2 Å². The van der Waals surface area contributed by atoms with Crippen molar-refractivity contribution in [3.8, 4) is 0 Å². The lowest BCUT2D eigenvalue weighted by Gasteiger charge is -2.37. The Morgan fingerprint density at radius 2 is 1.82 bits per heavy atom. The highest BCUT2D eigenvalue weighted by atomic mass is 16.6. The fourth-order valence-corrected chi connectivity index (χ4v) is 2.68. The largest absolute Gasteiger partial charge is 0.504 e. The van der Waals surface area contributed by atoms with Gasteiger partial charge in [0.05, 0.1) is 13.4 Å². The molecule has 1 amide bonds. The average molecular weight is 311 g/mol. The van der Waals surface area contributed by atoms with Crippen LogP contribution in [0.1, 0.15) is 47.5 Å². The molecular weight excluding hydrogens is 282 g/mol. The van der Waals surface area contributed by atoms with Crippen LogP contribution in [0, 0.1) is 11.8 Å². The molecule has 1 rings (SSSR count). The molecular formula is C17H29NO4. The molecule has 5 heteroatoms. The molecule has 126 valence electrons. The van der Waals surface area contributed by atoms with Crippen LogP contribution in [0.25, 0.3) is 0 Å². The van der Waals surface area contributed by atoms with Gasteiger partial charge in [0.2, 0.25) is 5.91 Å². The minimum absolute atomic E-state index is 0.00198. The quantitative estimate of drug-likeness (QED) is 0.579. The van der Waals surface area contributed by atoms with Gasteiger partial charge in [0, 0.05) is 13.0 Å². The van der Waals surface area contributed by atoms with Crippen LogP contribution in [0.3, 0.4) is 0 Å². The second-order valence-electron chi connectivity index (χ2n) is 7.29. The Labute approximate surface area is 133 Å². The lowest BCUT2D eigenvalue weighted by atomic mass is 9.79. The monoisotopic (exact) mass is 311 g/mol. The van der Waals surface area contributed by atoms with E-state index in [4.69, 9.17) is 9.47 Å². The summed E-state index contributed by atoms with van der Waals surface area (Å²) in [5.41, 5.74) is 0.575. The number of carbonyl (C=O) groups excluding carboxylic acids is 2. The molecule has 0 spiro atoms. The van der Waals surface area contributed by atoms with Gasteiger partial charge in [-0.3, -0.25) is 4.79 Å². The van der Waals surface area contributed by atoms with Gasteiger partial charge >= 0.3 is 5.97 Å². The molecule has 1 saturated carbocycles. The first-order chi connectivity index (χ1) is 10.1. The van der Waals surface area contributed by atoms with E-state index in [0.717, 1.165) is 5.57 Å². The van der Waals surface area contributed by atoms with Gasteiger partial charge in [-0.1, -0.05) is 13.8 Å². The maximum Gasteiger partial charge on any atom is 0.329 e. The summed E-state index contributed by atoms with van der Waals surface area (Å²) in [6, 6.07) is -0.554. The first-order valence-corrected chi connectivity index (χ1v) is 7.77. The zero-order chi connectivity index (χ0) is 17.1. The third-order valence-electron chi connectivity index (χ3n) is 3.70. The highest BCUT2D eigenvalue weighted by molar-refractivity contribution is 5.87. The van der Waals surface area contributed by atoms with Crippen LogP contribution in [-0.4, -0.2) is 42.6 Å². The first kappa shape index (κ1) is 18.5. The van der Waals surface area contributed by atoms with E-state index < -0.39 is 11.6 Å². The van der Waals surface area contributed by atoms with E-state index in [1.807, 2.05) is 34.6 Å². The fourth-order valence-electron chi connectivity index (χ4n) is 2.68. The molecule has 1 aliphatic carbocycles. The summed E-state index contributed by atoms with van der Waals surface area (Å²) in [6.07, 6.45) is 3.10. The van der Waals surface area contributed by atoms with Crippen molar-refractivity contribution >= 4 is 11.9 Å². The molecule has 1 aliphatic rings. The van der Waals surface area contributed by atoms with Gasteiger partial charge in [-0.05, 0) is 45.1 Å². The summed E-state index contributed by atoms with van der Waals surface area (Å²) in [5.74, 6) is -0.406. The van der Waals surface area contributed by atoms with E-state index in [1.165, 1.54) is 0 Å². The Morgan fingerprint density at radius 3 is 2.23 bits per heavy atom. The molecule has 22 heavy (non-hydrogen) atoms. The summed E-state index contributed by atoms with van der Waals surface area (Å²) in [7, 11) is 3.29. The summed E-state index contributed by atoms with van der Waals surface area (Å²) in [4.78, 5) is 26.5. The van der Waals surface area contributed by atoms with Crippen LogP contribution in [-0.2, 0) is 19.1 Å². The topological polar surface area (TPSA) is 55.8 Å². The normalized spacial score (nSPS) is 19.3. The van der Waals surface area contributed by atoms with E-state index in [2.05, 4.69) is 0 Å². The zero-order valence-electron chi connectivity index (χ0n) is 14.8. The van der Waals surface area contributed by atoms with E-state index in [0.29, 0.717) is 12.8 Å². The van der Waals surface area contributed by atoms with Crippen molar-refractivity contribution in [2.24, 2.45) is 11.8 Å². The molecule has 0 aliphatic heterocycles. The average Bonchev–Trinajstić information content (AvgIpc) is 2.29. The lowest BCUT2D eigenvalue weighted by molar-refractivity contribution is -0.167. The summed E-state index contributed by atoms with van der Waals surface area (Å²) < 4.78 is 10.4. The predicted molar refractivity (Wildman–Crippen MR) is 85.1 cm³/mol. The Bertz CT molecular complexity index is 440. The van der Waals surface area contributed by atoms with Crippen molar-refractivity contribution in [2.45, 2.75) is 59.1 Å². The van der Waals surface area contributed by atoms with Gasteiger partial charge in [-0.25, -0.2) is 4.79 Å². The maximum absolute atomic E-state index is 12.5. The van der Waals surface area contributed by atoms with Crippen LogP contribution in [0.5, 0.6) is 0 Å². The SMILES string of the molecule is COC=C1CC(C(=O)N(C)[C@H](C(=O)OC(C)(C)C)C(C)C)C1. The summed E-state index contributed by atoms with van der Waals surface area (Å²) in [5, 5.41) is 0. The minimum atomic E-state index is -0.557. The van der Waals surface area contributed by atoms with E-state index in [9.17, 15) is 9.59 Å². The molecule has 0 radical (unpaired) electrons. The summed E-state index contributed by atoms with van der Waals surface area (Å²) >= 11 is 0. The smallest absolute Gasteiger partial charge is 0.329 e. The third-order valence-corrected chi connectivity index (χ3v) is 3.70. The molecule has 0 N–H and O–H groups in total. The summed E-state index contributed by atoms with van der Waals surface area (Å²) in [6.45, 7) is 9.35. The Morgan fingerprint density at radius 1 is 1.27 bits per heavy atom. The third kappa shape index (κ3) is 4.75. The second kappa shape index (κ2) is 7.16. The Hall–Kier alpha value is -1.52. The molecule has 5 nitrogen and oxygen atoms in total. The van der Waals surface area contributed by atoms with Crippen LogP contribution in [0.2, 0.25) is 0 Å². The number of likely N-dealkylation sites (N-methyl/N-ethyl adjacent to an activating group) is 1. The van der Waals surface area contributed by atoms with Crippen molar-refractivity contribution in [1.29, 1.82) is 0 Å². The van der Waals surface area contributed by atoms with Crippen LogP contribution >= 0.6 is 0 Å². The molecule has 0 bridgehead atoms. The highest BCUT2D eigenvalue weighted by Gasteiger charge is 2.39. The van der Waals surface area contributed by atoms with Crippen LogP contribution in [0.4, 0.5) is 0 Å². The standard InChI is InChI=1S/C17H29NO4/c1-11(2)14(16(20)22-17(3,4)5)18(6)15(19)13-8-12(9-13)10-21-7/h10-11,13-14H,8-9H2,1-7H3/t13?,14-/m0/s1. The molecule has 1 fully saturated rings. The number of allylic oxidation sites excluding steroid dienone is 1. The van der Waals surface area contributed by atoms with Gasteiger partial charge in [0.15, 0.2) is 0 Å². The first-order valence-electron chi connectivity index (χ1n) is 7.77. The molecule has 0 aromatic heterocycles. The number of hydrogen-bond donors (Lipinski definition) is 0. The molecule has 0 aromatic rings. The minimum Gasteiger partial charge on any atom is -0.504 e. The number of rotatable bonds is 5. The van der Waals surface area contributed by atoms with E-state index >= 15 is 0 Å². The van der Waals surface area contributed by atoms with Crippen molar-refractivity contribution in [1.82, 2.24) is 4.90 Å². The number of methoxy groups -OCH3 is 1. The number of ether oxygens (including phenoxy) is 2. The molecule has 1 atom stereocenters. The van der Waals surface area contributed by atoms with Gasteiger partial charge < -0.3 is 14.4 Å². The highest BCUT2D eigenvalue weighted by Crippen LogP contribution is 2.35. The van der Waals surface area contributed by atoms with Crippen molar-refractivity contribution < 1.29 is 19.1 Å². The molecule has 0 saturated heterocycles. The zero-order valence-corrected chi connectivity index (χ0v) is 14.8. The predicted octanol–water partition coefficient (Wildman–Crippen LogP) is 2.75. The van der Waals surface area contributed by atoms with E-state index in [-0.39, 0.29) is 23.7 Å². The second-order valence-corrected chi connectivity index (χ2v) is 7.29. The Kier molecular flexibility index (Phi) is 6.03. The fraction of sp³-hybridized carbons (Fsp3) is 0.765. The van der Waals surface area contributed by atoms with Crippen LogP contribution in [0.15, 0.2) is 11.8 Å². The van der Waals surface area contributed by atoms with Crippen molar-refractivity contribution in [3.05, 3.63) is 11.8 Å². The number of esters is 1. The Balaban J connectivity index is 2.73. The van der Waals surface area contributed by atoms with Crippen molar-refractivity contribution in [3.63, 3.8) is 0 Å². The maximum atomic E-state index is 12.5. The lowest BCUT2D eigenvalue weighted by Crippen LogP contribution is -2.51. The van der Waals surface area contributed by atoms with Gasteiger partial charge in [0.25, 0.3) is 0 Å². The molecule has 0 aromatic carbocycles. The van der Waals surface area contributed by atoms with Gasteiger partial charge in [0.1, 0.15) is 11.6 Å². The van der Waals surface area contributed by atoms with Crippen LogP contribution < -0.4 is 0 Å².